The molecule has 2 N–H and O–H groups in total. The second-order valence-electron chi connectivity index (χ2n) is 6.26. The molecular formula is C15H30N2O. The van der Waals surface area contributed by atoms with Crippen LogP contribution in [-0.2, 0) is 4.79 Å². The number of hydrogen-bond donors (Lipinski definition) is 2. The van der Waals surface area contributed by atoms with Gasteiger partial charge >= 0.3 is 0 Å². The van der Waals surface area contributed by atoms with Crippen molar-refractivity contribution in [2.24, 2.45) is 11.3 Å². The molecule has 0 aromatic rings. The molecular weight excluding hydrogens is 224 g/mol. The van der Waals surface area contributed by atoms with Crippen molar-refractivity contribution in [2.45, 2.75) is 58.8 Å². The summed E-state index contributed by atoms with van der Waals surface area (Å²) in [5.74, 6) is 0.935. The fraction of sp³-hybridized carbons (Fsp3) is 0.933. The van der Waals surface area contributed by atoms with Gasteiger partial charge in [-0.2, -0.15) is 0 Å². The van der Waals surface area contributed by atoms with E-state index < -0.39 is 0 Å². The Morgan fingerprint density at radius 3 is 2.50 bits per heavy atom. The first kappa shape index (κ1) is 15.5. The molecule has 1 fully saturated rings. The van der Waals surface area contributed by atoms with Crippen LogP contribution in [0.2, 0.25) is 0 Å². The van der Waals surface area contributed by atoms with Gasteiger partial charge in [-0.3, -0.25) is 4.79 Å². The van der Waals surface area contributed by atoms with E-state index >= 15 is 0 Å². The monoisotopic (exact) mass is 254 g/mol. The molecule has 0 atom stereocenters. The van der Waals surface area contributed by atoms with Crippen LogP contribution in [0.4, 0.5) is 0 Å². The lowest BCUT2D eigenvalue weighted by atomic mass is 9.78. The Morgan fingerprint density at radius 1 is 1.28 bits per heavy atom. The van der Waals surface area contributed by atoms with Gasteiger partial charge in [0.15, 0.2) is 0 Å². The van der Waals surface area contributed by atoms with Crippen LogP contribution >= 0.6 is 0 Å². The van der Waals surface area contributed by atoms with Gasteiger partial charge in [0.25, 0.3) is 0 Å². The highest BCUT2D eigenvalue weighted by Gasteiger charge is 2.33. The summed E-state index contributed by atoms with van der Waals surface area (Å²) in [4.78, 5) is 11.1. The Bertz CT molecular complexity index is 245. The van der Waals surface area contributed by atoms with Gasteiger partial charge in [-0.25, -0.2) is 0 Å². The first-order chi connectivity index (χ1) is 8.58. The van der Waals surface area contributed by atoms with Crippen LogP contribution < -0.4 is 10.6 Å². The second-order valence-corrected chi connectivity index (χ2v) is 6.26. The largest absolute Gasteiger partial charge is 0.359 e. The molecule has 0 heterocycles. The lowest BCUT2D eigenvalue weighted by Crippen LogP contribution is -2.34. The van der Waals surface area contributed by atoms with Gasteiger partial charge in [0.05, 0.1) is 0 Å². The van der Waals surface area contributed by atoms with Crippen LogP contribution in [0.5, 0.6) is 0 Å². The van der Waals surface area contributed by atoms with Crippen LogP contribution in [0, 0.1) is 11.3 Å². The van der Waals surface area contributed by atoms with Crippen molar-refractivity contribution in [3.8, 4) is 0 Å². The van der Waals surface area contributed by atoms with Gasteiger partial charge in [0.1, 0.15) is 0 Å². The zero-order valence-corrected chi connectivity index (χ0v) is 12.3. The Hall–Kier alpha value is -0.570. The number of rotatable bonds is 8. The molecule has 0 aliphatic heterocycles. The molecule has 1 rings (SSSR count). The molecule has 106 valence electrons. The maximum Gasteiger partial charge on any atom is 0.219 e. The van der Waals surface area contributed by atoms with Gasteiger partial charge in [-0.05, 0) is 43.6 Å². The molecule has 1 aliphatic carbocycles. The highest BCUT2D eigenvalue weighted by Crippen LogP contribution is 2.42. The smallest absolute Gasteiger partial charge is 0.219 e. The van der Waals surface area contributed by atoms with Gasteiger partial charge in [0, 0.05) is 20.0 Å². The summed E-state index contributed by atoms with van der Waals surface area (Å²) in [5, 5.41) is 6.24. The third-order valence-electron chi connectivity index (χ3n) is 4.04. The summed E-state index contributed by atoms with van der Waals surface area (Å²) >= 11 is 0. The highest BCUT2D eigenvalue weighted by atomic mass is 16.1. The molecule has 18 heavy (non-hydrogen) atoms. The number of hydrogen-bond acceptors (Lipinski definition) is 2. The minimum atomic E-state index is 0.148. The van der Waals surface area contributed by atoms with Crippen LogP contribution in [0.25, 0.3) is 0 Å². The van der Waals surface area contributed by atoms with Crippen LogP contribution in [0.15, 0.2) is 0 Å². The zero-order valence-electron chi connectivity index (χ0n) is 12.3. The van der Waals surface area contributed by atoms with E-state index in [9.17, 15) is 4.79 Å². The fourth-order valence-electron chi connectivity index (χ4n) is 3.30. The summed E-state index contributed by atoms with van der Waals surface area (Å²) in [6.45, 7) is 6.75. The van der Waals surface area contributed by atoms with Crippen molar-refractivity contribution in [1.82, 2.24) is 10.6 Å². The molecule has 0 radical (unpaired) electrons. The summed E-state index contributed by atoms with van der Waals surface area (Å²) in [7, 11) is 1.70. The van der Waals surface area contributed by atoms with Crippen molar-refractivity contribution in [1.29, 1.82) is 0 Å². The van der Waals surface area contributed by atoms with Crippen LogP contribution in [-0.4, -0.2) is 26.0 Å². The average molecular weight is 254 g/mol. The van der Waals surface area contributed by atoms with Crippen molar-refractivity contribution in [3.63, 3.8) is 0 Å². The molecule has 0 bridgehead atoms. The van der Waals surface area contributed by atoms with Gasteiger partial charge in [-0.15, -0.1) is 0 Å². The van der Waals surface area contributed by atoms with Gasteiger partial charge < -0.3 is 10.6 Å². The van der Waals surface area contributed by atoms with Crippen LogP contribution in [0.1, 0.15) is 58.8 Å². The Balaban J connectivity index is 2.20. The Morgan fingerprint density at radius 2 is 1.94 bits per heavy atom. The average Bonchev–Trinajstić information content (AvgIpc) is 2.76. The summed E-state index contributed by atoms with van der Waals surface area (Å²) in [5.41, 5.74) is 0.543. The van der Waals surface area contributed by atoms with Crippen molar-refractivity contribution < 1.29 is 4.79 Å². The van der Waals surface area contributed by atoms with E-state index in [4.69, 9.17) is 0 Å². The van der Waals surface area contributed by atoms with E-state index in [1.54, 1.807) is 7.05 Å². The van der Waals surface area contributed by atoms with Crippen molar-refractivity contribution in [3.05, 3.63) is 0 Å². The lowest BCUT2D eigenvalue weighted by molar-refractivity contribution is -0.120. The molecule has 0 unspecified atom stereocenters. The molecule has 0 aromatic carbocycles. The maximum atomic E-state index is 11.1. The summed E-state index contributed by atoms with van der Waals surface area (Å²) < 4.78 is 0. The first-order valence-corrected chi connectivity index (χ1v) is 7.49. The molecule has 1 aliphatic rings. The molecule has 3 heteroatoms. The minimum Gasteiger partial charge on any atom is -0.359 e. The van der Waals surface area contributed by atoms with Crippen LogP contribution in [0.3, 0.4) is 0 Å². The minimum absolute atomic E-state index is 0.148. The summed E-state index contributed by atoms with van der Waals surface area (Å²) in [6.07, 6.45) is 8.48. The van der Waals surface area contributed by atoms with Crippen molar-refractivity contribution >= 4 is 5.91 Å². The predicted molar refractivity (Wildman–Crippen MR) is 76.5 cm³/mol. The molecule has 0 saturated heterocycles. The first-order valence-electron chi connectivity index (χ1n) is 7.49. The van der Waals surface area contributed by atoms with Crippen molar-refractivity contribution in [2.75, 3.05) is 20.1 Å². The summed E-state index contributed by atoms with van der Waals surface area (Å²) in [6, 6.07) is 0. The van der Waals surface area contributed by atoms with E-state index in [1.807, 2.05) is 0 Å². The normalized spacial score (nSPS) is 18.2. The number of carbonyl (C=O) groups is 1. The van der Waals surface area contributed by atoms with E-state index in [2.05, 4.69) is 24.5 Å². The van der Waals surface area contributed by atoms with E-state index in [-0.39, 0.29) is 5.91 Å². The number of carbonyl (C=O) groups excluding carboxylic acids is 1. The van der Waals surface area contributed by atoms with E-state index in [0.717, 1.165) is 25.4 Å². The molecule has 0 aromatic heterocycles. The van der Waals surface area contributed by atoms with Gasteiger partial charge in [0.2, 0.25) is 5.91 Å². The second kappa shape index (κ2) is 7.78. The quantitative estimate of drug-likeness (QED) is 0.654. The van der Waals surface area contributed by atoms with E-state index in [1.165, 1.54) is 32.1 Å². The zero-order chi connectivity index (χ0) is 13.4. The third-order valence-corrected chi connectivity index (χ3v) is 4.04. The number of amides is 1. The van der Waals surface area contributed by atoms with E-state index in [0.29, 0.717) is 11.8 Å². The fourth-order valence-corrected chi connectivity index (χ4v) is 3.30. The predicted octanol–water partition coefficient (Wildman–Crippen LogP) is 2.71. The van der Waals surface area contributed by atoms with Gasteiger partial charge in [-0.1, -0.05) is 26.7 Å². The molecule has 0 spiro atoms. The lowest BCUT2D eigenvalue weighted by Gasteiger charge is -2.31. The molecule has 1 saturated carbocycles. The molecule has 3 nitrogen and oxygen atoms in total. The Kier molecular flexibility index (Phi) is 6.69. The third kappa shape index (κ3) is 5.38. The topological polar surface area (TPSA) is 41.1 Å². The standard InChI is InChI=1S/C15H30N2O/c1-13(2)11-15(8-4-5-9-15)12-17-10-6-7-14(18)16-3/h13,17H,4-12H2,1-3H3,(H,16,18). The highest BCUT2D eigenvalue weighted by molar-refractivity contribution is 5.75. The molecule has 1 amide bonds. The number of nitrogens with one attached hydrogen (secondary N) is 2. The maximum absolute atomic E-state index is 11.1. The Labute approximate surface area is 112 Å². The SMILES string of the molecule is CNC(=O)CCCNCC1(CC(C)C)CCCC1.